The number of rotatable bonds is 4. The second-order valence-corrected chi connectivity index (χ2v) is 8.48. The Kier molecular flexibility index (Phi) is 6.90. The Hall–Kier alpha value is -1.26. The van der Waals surface area contributed by atoms with Gasteiger partial charge in [-0.25, -0.2) is 4.79 Å². The van der Waals surface area contributed by atoms with Crippen LogP contribution in [-0.4, -0.2) is 41.6 Å². The molecule has 0 aliphatic carbocycles. The molecule has 5 heteroatoms. The number of ether oxygens (including phenoxy) is 1. The highest BCUT2D eigenvalue weighted by molar-refractivity contribution is 5.76. The summed E-state index contributed by atoms with van der Waals surface area (Å²) < 4.78 is 5.34. The van der Waals surface area contributed by atoms with Crippen LogP contribution in [0.2, 0.25) is 0 Å². The fourth-order valence-corrected chi connectivity index (χ4v) is 2.88. The van der Waals surface area contributed by atoms with E-state index in [9.17, 15) is 9.59 Å². The molecule has 2 atom stereocenters. The molecular formula is C18H34N2O3. The van der Waals surface area contributed by atoms with Gasteiger partial charge in [0.15, 0.2) is 0 Å². The number of carbonyl (C=O) groups excluding carboxylic acids is 2. The normalized spacial score (nSPS) is 22.4. The van der Waals surface area contributed by atoms with Crippen LogP contribution in [0, 0.1) is 17.8 Å². The van der Waals surface area contributed by atoms with Gasteiger partial charge in [0.05, 0.1) is 6.04 Å². The van der Waals surface area contributed by atoms with E-state index in [-0.39, 0.29) is 11.9 Å². The highest BCUT2D eigenvalue weighted by Gasteiger charge is 2.33. The van der Waals surface area contributed by atoms with E-state index in [0.29, 0.717) is 30.7 Å². The molecule has 1 aliphatic heterocycles. The molecule has 0 aromatic heterocycles. The van der Waals surface area contributed by atoms with Crippen LogP contribution in [0.15, 0.2) is 0 Å². The molecule has 0 aromatic rings. The van der Waals surface area contributed by atoms with E-state index >= 15 is 0 Å². The summed E-state index contributed by atoms with van der Waals surface area (Å²) in [6, 6.07) is -0.0397. The topological polar surface area (TPSA) is 58.6 Å². The number of hydrogen-bond acceptors (Lipinski definition) is 3. The fourth-order valence-electron chi connectivity index (χ4n) is 2.88. The van der Waals surface area contributed by atoms with Gasteiger partial charge < -0.3 is 15.0 Å². The average Bonchev–Trinajstić information content (AvgIpc) is 2.34. The van der Waals surface area contributed by atoms with E-state index < -0.39 is 11.7 Å². The molecule has 0 spiro atoms. The quantitative estimate of drug-likeness (QED) is 0.861. The van der Waals surface area contributed by atoms with Crippen LogP contribution in [-0.2, 0) is 9.53 Å². The van der Waals surface area contributed by atoms with Crippen molar-refractivity contribution in [1.29, 1.82) is 0 Å². The van der Waals surface area contributed by atoms with E-state index in [0.717, 1.165) is 13.0 Å². The minimum atomic E-state index is -0.511. The summed E-state index contributed by atoms with van der Waals surface area (Å²) in [6.45, 7) is 15.4. The van der Waals surface area contributed by atoms with E-state index in [1.165, 1.54) is 0 Å². The molecule has 1 saturated heterocycles. The maximum atomic E-state index is 12.4. The summed E-state index contributed by atoms with van der Waals surface area (Å²) >= 11 is 0. The highest BCUT2D eigenvalue weighted by atomic mass is 16.6. The Labute approximate surface area is 141 Å². The van der Waals surface area contributed by atoms with Gasteiger partial charge in [0.2, 0.25) is 5.91 Å². The molecule has 1 heterocycles. The molecule has 1 rings (SSSR count). The van der Waals surface area contributed by atoms with Crippen molar-refractivity contribution < 1.29 is 14.3 Å². The van der Waals surface area contributed by atoms with E-state index in [2.05, 4.69) is 33.0 Å². The second-order valence-electron chi connectivity index (χ2n) is 8.48. The van der Waals surface area contributed by atoms with Crippen molar-refractivity contribution in [2.45, 2.75) is 73.0 Å². The maximum Gasteiger partial charge on any atom is 0.407 e. The van der Waals surface area contributed by atoms with Gasteiger partial charge in [0, 0.05) is 19.5 Å². The van der Waals surface area contributed by atoms with Gasteiger partial charge in [0.1, 0.15) is 5.60 Å². The molecule has 0 radical (unpaired) electrons. The predicted octanol–water partition coefficient (Wildman–Crippen LogP) is 3.43. The molecule has 0 aromatic carbocycles. The summed E-state index contributed by atoms with van der Waals surface area (Å²) in [6.07, 6.45) is 1.05. The summed E-state index contributed by atoms with van der Waals surface area (Å²) in [5, 5.41) is 2.94. The Morgan fingerprint density at radius 2 is 1.78 bits per heavy atom. The zero-order valence-corrected chi connectivity index (χ0v) is 15.8. The van der Waals surface area contributed by atoms with Gasteiger partial charge >= 0.3 is 6.09 Å². The van der Waals surface area contributed by atoms with Gasteiger partial charge in [0.25, 0.3) is 0 Å². The first kappa shape index (κ1) is 19.8. The van der Waals surface area contributed by atoms with Gasteiger partial charge in [-0.05, 0) is 44.9 Å². The van der Waals surface area contributed by atoms with Gasteiger partial charge in [-0.2, -0.15) is 0 Å². The molecule has 134 valence electrons. The Morgan fingerprint density at radius 1 is 1.17 bits per heavy atom. The number of nitrogens with one attached hydrogen (secondary N) is 1. The standard InChI is InChI=1S/C18H34N2O3/c1-12(2)8-16(21)20-10-14(13(3)4)9-15(11-20)19-17(22)23-18(5,6)7/h12-15H,8-11H2,1-7H3,(H,19,22). The predicted molar refractivity (Wildman–Crippen MR) is 92.1 cm³/mol. The Balaban J connectivity index is 2.71. The van der Waals surface area contributed by atoms with Crippen molar-refractivity contribution in [3.8, 4) is 0 Å². The maximum absolute atomic E-state index is 12.4. The number of amides is 2. The van der Waals surface area contributed by atoms with Crippen LogP contribution in [0.25, 0.3) is 0 Å². The summed E-state index contributed by atoms with van der Waals surface area (Å²) in [4.78, 5) is 26.4. The number of likely N-dealkylation sites (tertiary alicyclic amines) is 1. The van der Waals surface area contributed by atoms with E-state index in [4.69, 9.17) is 4.74 Å². The molecule has 2 amide bonds. The number of piperidine rings is 1. The lowest BCUT2D eigenvalue weighted by atomic mass is 9.85. The third-order valence-electron chi connectivity index (χ3n) is 4.08. The zero-order valence-electron chi connectivity index (χ0n) is 15.8. The molecule has 0 saturated carbocycles. The molecule has 2 unspecified atom stereocenters. The van der Waals surface area contributed by atoms with Crippen LogP contribution in [0.1, 0.15) is 61.3 Å². The second kappa shape index (κ2) is 8.02. The third kappa shape index (κ3) is 7.23. The lowest BCUT2D eigenvalue weighted by Crippen LogP contribution is -2.54. The zero-order chi connectivity index (χ0) is 17.8. The van der Waals surface area contributed by atoms with Crippen molar-refractivity contribution in [2.75, 3.05) is 13.1 Å². The largest absolute Gasteiger partial charge is 0.444 e. The minimum absolute atomic E-state index is 0.0397. The summed E-state index contributed by atoms with van der Waals surface area (Å²) in [5.41, 5.74) is -0.511. The molecule has 1 fully saturated rings. The van der Waals surface area contributed by atoms with E-state index in [1.54, 1.807) is 0 Å². The van der Waals surface area contributed by atoms with Crippen LogP contribution < -0.4 is 5.32 Å². The molecule has 1 N–H and O–H groups in total. The van der Waals surface area contributed by atoms with Crippen LogP contribution in [0.4, 0.5) is 4.79 Å². The van der Waals surface area contributed by atoms with Crippen LogP contribution >= 0.6 is 0 Å². The molecule has 0 bridgehead atoms. The Morgan fingerprint density at radius 3 is 2.26 bits per heavy atom. The van der Waals surface area contributed by atoms with Gasteiger partial charge in [-0.1, -0.05) is 27.7 Å². The smallest absolute Gasteiger partial charge is 0.407 e. The fraction of sp³-hybridized carbons (Fsp3) is 0.889. The summed E-state index contributed by atoms with van der Waals surface area (Å²) in [5.74, 6) is 1.41. The number of alkyl carbamates (subject to hydrolysis) is 1. The first-order chi connectivity index (χ1) is 10.5. The minimum Gasteiger partial charge on any atom is -0.444 e. The van der Waals surface area contributed by atoms with Gasteiger partial charge in [-0.15, -0.1) is 0 Å². The van der Waals surface area contributed by atoms with Crippen LogP contribution in [0.3, 0.4) is 0 Å². The first-order valence-electron chi connectivity index (χ1n) is 8.75. The van der Waals surface area contributed by atoms with Crippen molar-refractivity contribution >= 4 is 12.0 Å². The summed E-state index contributed by atoms with van der Waals surface area (Å²) in [7, 11) is 0. The average molecular weight is 326 g/mol. The SMILES string of the molecule is CC(C)CC(=O)N1CC(NC(=O)OC(C)(C)C)CC(C(C)C)C1. The van der Waals surface area contributed by atoms with Crippen LogP contribution in [0.5, 0.6) is 0 Å². The molecular weight excluding hydrogens is 292 g/mol. The lowest BCUT2D eigenvalue weighted by molar-refractivity contribution is -0.134. The molecule has 5 nitrogen and oxygen atoms in total. The molecule has 1 aliphatic rings. The van der Waals surface area contributed by atoms with E-state index in [1.807, 2.05) is 25.7 Å². The number of hydrogen-bond donors (Lipinski definition) is 1. The third-order valence-corrected chi connectivity index (χ3v) is 4.08. The number of nitrogens with zero attached hydrogens (tertiary/aromatic N) is 1. The number of carbonyl (C=O) groups is 2. The monoisotopic (exact) mass is 326 g/mol. The van der Waals surface area contributed by atoms with Crippen molar-refractivity contribution in [3.05, 3.63) is 0 Å². The highest BCUT2D eigenvalue weighted by Crippen LogP contribution is 2.25. The first-order valence-corrected chi connectivity index (χ1v) is 8.75. The van der Waals surface area contributed by atoms with Crippen molar-refractivity contribution in [1.82, 2.24) is 10.2 Å². The lowest BCUT2D eigenvalue weighted by Gasteiger charge is -2.40. The van der Waals surface area contributed by atoms with Crippen molar-refractivity contribution in [3.63, 3.8) is 0 Å². The molecule has 23 heavy (non-hydrogen) atoms. The van der Waals surface area contributed by atoms with Gasteiger partial charge in [-0.3, -0.25) is 4.79 Å². The van der Waals surface area contributed by atoms with Crippen molar-refractivity contribution in [2.24, 2.45) is 17.8 Å². The Bertz CT molecular complexity index is 413.